The number of furan rings is 1. The Bertz CT molecular complexity index is 743. The van der Waals surface area contributed by atoms with Crippen molar-refractivity contribution in [3.8, 4) is 0 Å². The van der Waals surface area contributed by atoms with E-state index in [1.807, 2.05) is 0 Å². The molecule has 27 heavy (non-hydrogen) atoms. The highest BCUT2D eigenvalue weighted by Crippen LogP contribution is 2.14. The fourth-order valence-electron chi connectivity index (χ4n) is 2.43. The van der Waals surface area contributed by atoms with Gasteiger partial charge >= 0.3 is 17.8 Å². The number of amides is 6. The van der Waals surface area contributed by atoms with Gasteiger partial charge in [0, 0.05) is 13.6 Å². The summed E-state index contributed by atoms with van der Waals surface area (Å²) in [6, 6.07) is 2.56. The Morgan fingerprint density at radius 3 is 2.44 bits per heavy atom. The van der Waals surface area contributed by atoms with Gasteiger partial charge < -0.3 is 14.6 Å². The Labute approximate surface area is 156 Å². The van der Waals surface area contributed by atoms with Gasteiger partial charge in [-0.05, 0) is 18.1 Å². The summed E-state index contributed by atoms with van der Waals surface area (Å²) in [5.74, 6) is -2.50. The van der Waals surface area contributed by atoms with Crippen LogP contribution in [0.5, 0.6) is 0 Å². The third-order valence-electron chi connectivity index (χ3n) is 3.82. The van der Waals surface area contributed by atoms with E-state index in [2.05, 4.69) is 5.32 Å². The number of carbonyl (C=O) groups is 5. The number of urea groups is 1. The molecule has 146 valence electrons. The second-order valence-corrected chi connectivity index (χ2v) is 6.59. The standard InChI is InChI=1S/C17H22N4O6/c1-11(2)8-20-15(24)16(25)21(17(20)26)10-14(23)19(3)9-13(22)18-7-12-5-4-6-27-12/h4-6,11H,7-10H2,1-3H3,(H,18,22). The van der Waals surface area contributed by atoms with E-state index in [9.17, 15) is 24.0 Å². The van der Waals surface area contributed by atoms with Crippen molar-refractivity contribution in [1.29, 1.82) is 0 Å². The summed E-state index contributed by atoms with van der Waals surface area (Å²) in [7, 11) is 1.37. The predicted octanol–water partition coefficient (Wildman–Crippen LogP) is -0.199. The van der Waals surface area contributed by atoms with Gasteiger partial charge in [-0.1, -0.05) is 13.8 Å². The zero-order valence-corrected chi connectivity index (χ0v) is 15.4. The van der Waals surface area contributed by atoms with Crippen LogP contribution in [0.4, 0.5) is 4.79 Å². The predicted molar refractivity (Wildman–Crippen MR) is 91.9 cm³/mol. The molecule has 0 aromatic carbocycles. The molecule has 10 nitrogen and oxygen atoms in total. The molecule has 1 fully saturated rings. The van der Waals surface area contributed by atoms with Gasteiger partial charge in [0.25, 0.3) is 0 Å². The molecule has 0 bridgehead atoms. The Kier molecular flexibility index (Phi) is 6.32. The highest BCUT2D eigenvalue weighted by atomic mass is 16.3. The number of hydrogen-bond donors (Lipinski definition) is 1. The lowest BCUT2D eigenvalue weighted by molar-refractivity contribution is -0.145. The zero-order chi connectivity index (χ0) is 20.1. The molecule has 1 aromatic rings. The molecule has 0 unspecified atom stereocenters. The molecule has 1 N–H and O–H groups in total. The fourth-order valence-corrected chi connectivity index (χ4v) is 2.43. The molecule has 0 aliphatic carbocycles. The van der Waals surface area contributed by atoms with Crippen LogP contribution in [0.2, 0.25) is 0 Å². The molecule has 10 heteroatoms. The van der Waals surface area contributed by atoms with E-state index in [0.29, 0.717) is 10.7 Å². The topological polar surface area (TPSA) is 120 Å². The van der Waals surface area contributed by atoms with Gasteiger partial charge in [0.2, 0.25) is 11.8 Å². The molecule has 2 rings (SSSR count). The maximum absolute atomic E-state index is 12.2. The lowest BCUT2D eigenvalue weighted by atomic mass is 10.2. The van der Waals surface area contributed by atoms with Crippen LogP contribution in [-0.2, 0) is 25.7 Å². The third-order valence-corrected chi connectivity index (χ3v) is 3.82. The van der Waals surface area contributed by atoms with E-state index < -0.39 is 36.2 Å². The Balaban J connectivity index is 1.87. The number of likely N-dealkylation sites (N-methyl/N-ethyl adjacent to an activating group) is 1. The first-order chi connectivity index (χ1) is 12.7. The summed E-state index contributed by atoms with van der Waals surface area (Å²) >= 11 is 0. The van der Waals surface area contributed by atoms with Crippen molar-refractivity contribution in [2.75, 3.05) is 26.7 Å². The molecule has 1 aliphatic heterocycles. The lowest BCUT2D eigenvalue weighted by Gasteiger charge is -2.20. The van der Waals surface area contributed by atoms with Gasteiger partial charge in [-0.2, -0.15) is 0 Å². The second-order valence-electron chi connectivity index (χ2n) is 6.59. The Morgan fingerprint density at radius 1 is 1.19 bits per heavy atom. The van der Waals surface area contributed by atoms with Crippen LogP contribution in [-0.4, -0.2) is 71.0 Å². The first-order valence-electron chi connectivity index (χ1n) is 8.41. The number of nitrogens with one attached hydrogen (secondary N) is 1. The zero-order valence-electron chi connectivity index (χ0n) is 15.4. The van der Waals surface area contributed by atoms with Gasteiger partial charge in [-0.25, -0.2) is 9.69 Å². The quantitative estimate of drug-likeness (QED) is 0.494. The van der Waals surface area contributed by atoms with Gasteiger partial charge in [-0.3, -0.25) is 24.1 Å². The first-order valence-corrected chi connectivity index (χ1v) is 8.41. The molecule has 0 atom stereocenters. The summed E-state index contributed by atoms with van der Waals surface area (Å²) < 4.78 is 5.08. The monoisotopic (exact) mass is 378 g/mol. The molecule has 1 aromatic heterocycles. The molecule has 2 heterocycles. The molecule has 0 saturated carbocycles. The van der Waals surface area contributed by atoms with Gasteiger partial charge in [0.15, 0.2) is 0 Å². The molecule has 0 radical (unpaired) electrons. The van der Waals surface area contributed by atoms with Crippen LogP contribution >= 0.6 is 0 Å². The van der Waals surface area contributed by atoms with Crippen molar-refractivity contribution in [1.82, 2.24) is 20.0 Å². The SMILES string of the molecule is CC(C)CN1C(=O)C(=O)N(CC(=O)N(C)CC(=O)NCc2ccco2)C1=O. The van der Waals surface area contributed by atoms with Crippen molar-refractivity contribution in [3.63, 3.8) is 0 Å². The number of nitrogens with zero attached hydrogens (tertiary/aromatic N) is 3. The van der Waals surface area contributed by atoms with Crippen LogP contribution in [0.1, 0.15) is 19.6 Å². The van der Waals surface area contributed by atoms with Crippen LogP contribution in [0.15, 0.2) is 22.8 Å². The van der Waals surface area contributed by atoms with Crippen molar-refractivity contribution >= 4 is 29.7 Å². The lowest BCUT2D eigenvalue weighted by Crippen LogP contribution is -2.45. The van der Waals surface area contributed by atoms with E-state index in [4.69, 9.17) is 4.42 Å². The average Bonchev–Trinajstić information content (AvgIpc) is 3.19. The van der Waals surface area contributed by atoms with Gasteiger partial charge in [0.05, 0.1) is 19.4 Å². The number of carbonyl (C=O) groups excluding carboxylic acids is 5. The summed E-state index contributed by atoms with van der Waals surface area (Å²) in [6.07, 6.45) is 1.48. The van der Waals surface area contributed by atoms with Crippen LogP contribution < -0.4 is 5.32 Å². The van der Waals surface area contributed by atoms with E-state index in [1.165, 1.54) is 13.3 Å². The smallest absolute Gasteiger partial charge is 0.334 e. The van der Waals surface area contributed by atoms with Crippen molar-refractivity contribution in [2.24, 2.45) is 5.92 Å². The van der Waals surface area contributed by atoms with E-state index in [0.717, 1.165) is 9.80 Å². The van der Waals surface area contributed by atoms with Crippen molar-refractivity contribution in [2.45, 2.75) is 20.4 Å². The maximum Gasteiger partial charge on any atom is 0.334 e. The van der Waals surface area contributed by atoms with E-state index >= 15 is 0 Å². The molecule has 0 spiro atoms. The summed E-state index contributed by atoms with van der Waals surface area (Å²) in [4.78, 5) is 62.7. The second kappa shape index (κ2) is 8.47. The number of rotatable bonds is 8. The molecular formula is C17H22N4O6. The van der Waals surface area contributed by atoms with Gasteiger partial charge in [0.1, 0.15) is 12.3 Å². The minimum absolute atomic E-state index is 0.0121. The van der Waals surface area contributed by atoms with Crippen LogP contribution in [0.3, 0.4) is 0 Å². The Hall–Kier alpha value is -3.17. The largest absolute Gasteiger partial charge is 0.467 e. The van der Waals surface area contributed by atoms with Gasteiger partial charge in [-0.15, -0.1) is 0 Å². The summed E-state index contributed by atoms with van der Waals surface area (Å²) in [5, 5.41) is 2.58. The third kappa shape index (κ3) is 4.93. The minimum Gasteiger partial charge on any atom is -0.467 e. The van der Waals surface area contributed by atoms with Crippen molar-refractivity contribution < 1.29 is 28.4 Å². The van der Waals surface area contributed by atoms with Crippen LogP contribution in [0.25, 0.3) is 0 Å². The average molecular weight is 378 g/mol. The maximum atomic E-state index is 12.2. The van der Waals surface area contributed by atoms with Crippen LogP contribution in [0, 0.1) is 5.92 Å². The highest BCUT2D eigenvalue weighted by molar-refractivity contribution is 6.45. The molecular weight excluding hydrogens is 356 g/mol. The highest BCUT2D eigenvalue weighted by Gasteiger charge is 2.45. The number of imide groups is 2. The number of hydrogen-bond acceptors (Lipinski definition) is 6. The van der Waals surface area contributed by atoms with E-state index in [1.54, 1.807) is 26.0 Å². The van der Waals surface area contributed by atoms with E-state index in [-0.39, 0.29) is 25.6 Å². The Morgan fingerprint density at radius 2 is 1.85 bits per heavy atom. The normalized spacial score (nSPS) is 14.3. The summed E-state index contributed by atoms with van der Waals surface area (Å²) in [5.41, 5.74) is 0. The first kappa shape index (κ1) is 20.1. The molecule has 1 aliphatic rings. The summed E-state index contributed by atoms with van der Waals surface area (Å²) in [6.45, 7) is 3.01. The molecule has 6 amide bonds. The fraction of sp³-hybridized carbons (Fsp3) is 0.471. The molecule has 1 saturated heterocycles. The minimum atomic E-state index is -1.04. The van der Waals surface area contributed by atoms with Crippen molar-refractivity contribution in [3.05, 3.63) is 24.2 Å².